The van der Waals surface area contributed by atoms with E-state index < -0.39 is 0 Å². The third kappa shape index (κ3) is 2.59. The lowest BCUT2D eigenvalue weighted by Gasteiger charge is -2.13. The summed E-state index contributed by atoms with van der Waals surface area (Å²) in [5.41, 5.74) is 2.05. The van der Waals surface area contributed by atoms with Crippen molar-refractivity contribution in [2.45, 2.75) is 19.9 Å². The molecule has 16 heavy (non-hydrogen) atoms. The molecule has 84 valence electrons. The van der Waals surface area contributed by atoms with Crippen LogP contribution in [0.4, 0.5) is 5.69 Å². The summed E-state index contributed by atoms with van der Waals surface area (Å²) in [5.74, 6) is 0. The van der Waals surface area contributed by atoms with Crippen LogP contribution in [0.25, 0.3) is 0 Å². The van der Waals surface area contributed by atoms with Crippen molar-refractivity contribution in [2.75, 3.05) is 5.32 Å². The zero-order valence-electron chi connectivity index (χ0n) is 9.07. The number of hydrogen-bond donors (Lipinski definition) is 1. The molecular formula is C11H12BrN3S. The second-order valence-corrected chi connectivity index (χ2v) is 5.31. The lowest BCUT2D eigenvalue weighted by atomic mass is 10.2. The average Bonchev–Trinajstić information content (AvgIpc) is 2.68. The smallest absolute Gasteiger partial charge is 0.129 e. The summed E-state index contributed by atoms with van der Waals surface area (Å²) < 4.78 is 0.828. The lowest BCUT2D eigenvalue weighted by molar-refractivity contribution is 0.842. The van der Waals surface area contributed by atoms with Gasteiger partial charge in [-0.1, -0.05) is 0 Å². The molecule has 1 atom stereocenters. The van der Waals surface area contributed by atoms with Crippen LogP contribution in [-0.4, -0.2) is 9.97 Å². The highest BCUT2D eigenvalue weighted by atomic mass is 79.9. The van der Waals surface area contributed by atoms with Gasteiger partial charge < -0.3 is 5.32 Å². The van der Waals surface area contributed by atoms with E-state index in [2.05, 4.69) is 43.5 Å². The molecule has 1 N–H and O–H groups in total. The Morgan fingerprint density at radius 3 is 2.94 bits per heavy atom. The molecule has 0 saturated heterocycles. The molecule has 2 aromatic heterocycles. The first-order valence-electron chi connectivity index (χ1n) is 4.96. The van der Waals surface area contributed by atoms with Gasteiger partial charge in [0, 0.05) is 11.6 Å². The Morgan fingerprint density at radius 2 is 2.31 bits per heavy atom. The van der Waals surface area contributed by atoms with E-state index in [0.29, 0.717) is 0 Å². The summed E-state index contributed by atoms with van der Waals surface area (Å²) in [6.45, 7) is 4.11. The van der Waals surface area contributed by atoms with Gasteiger partial charge in [0.25, 0.3) is 0 Å². The van der Waals surface area contributed by atoms with Crippen LogP contribution in [0.5, 0.6) is 0 Å². The number of pyridine rings is 1. The molecule has 0 fully saturated rings. The normalized spacial score (nSPS) is 12.4. The maximum absolute atomic E-state index is 4.46. The van der Waals surface area contributed by atoms with Gasteiger partial charge >= 0.3 is 0 Å². The van der Waals surface area contributed by atoms with E-state index >= 15 is 0 Å². The first-order chi connectivity index (χ1) is 7.66. The monoisotopic (exact) mass is 297 g/mol. The fourth-order valence-electron chi connectivity index (χ4n) is 1.38. The Kier molecular flexibility index (Phi) is 3.56. The third-order valence-corrected chi connectivity index (χ3v) is 3.64. The van der Waals surface area contributed by atoms with Crippen molar-refractivity contribution >= 4 is 33.0 Å². The number of nitrogens with one attached hydrogen (secondary N) is 1. The second-order valence-electron chi connectivity index (χ2n) is 3.50. The summed E-state index contributed by atoms with van der Waals surface area (Å²) in [4.78, 5) is 8.62. The van der Waals surface area contributed by atoms with Gasteiger partial charge in [-0.05, 0) is 41.9 Å². The molecule has 2 aromatic rings. The summed E-state index contributed by atoms with van der Waals surface area (Å²) in [5, 5.41) is 6.55. The van der Waals surface area contributed by atoms with E-state index in [0.717, 1.165) is 21.0 Å². The molecule has 0 saturated carbocycles. The topological polar surface area (TPSA) is 37.8 Å². The van der Waals surface area contributed by atoms with Crippen LogP contribution in [0.15, 0.2) is 28.3 Å². The molecule has 2 rings (SSSR count). The summed E-state index contributed by atoms with van der Waals surface area (Å²) in [6, 6.07) is 4.09. The minimum absolute atomic E-state index is 0.186. The molecule has 3 nitrogen and oxygen atoms in total. The summed E-state index contributed by atoms with van der Waals surface area (Å²) >= 11 is 5.08. The Hall–Kier alpha value is -0.940. The molecule has 0 aliphatic heterocycles. The molecule has 0 spiro atoms. The highest BCUT2D eigenvalue weighted by Crippen LogP contribution is 2.24. The van der Waals surface area contributed by atoms with Crippen molar-refractivity contribution < 1.29 is 0 Å². The molecule has 0 aliphatic rings. The van der Waals surface area contributed by atoms with Crippen molar-refractivity contribution in [1.82, 2.24) is 9.97 Å². The van der Waals surface area contributed by atoms with Crippen LogP contribution in [0, 0.1) is 6.92 Å². The maximum Gasteiger partial charge on any atom is 0.129 e. The van der Waals surface area contributed by atoms with Gasteiger partial charge in [-0.25, -0.2) is 9.97 Å². The van der Waals surface area contributed by atoms with E-state index in [9.17, 15) is 0 Å². The Bertz CT molecular complexity index is 484. The number of halogens is 1. The van der Waals surface area contributed by atoms with Gasteiger partial charge in [-0.15, -0.1) is 11.3 Å². The molecule has 5 heteroatoms. The number of thiazole rings is 1. The Labute approximate surface area is 107 Å². The Balaban J connectivity index is 2.13. The molecule has 0 amide bonds. The number of anilines is 1. The molecule has 0 aliphatic carbocycles. The van der Waals surface area contributed by atoms with E-state index in [4.69, 9.17) is 0 Å². The fourth-order valence-corrected chi connectivity index (χ4v) is 2.45. The Morgan fingerprint density at radius 1 is 1.50 bits per heavy atom. The first kappa shape index (κ1) is 11.5. The number of aryl methyl sites for hydroxylation is 1. The zero-order valence-corrected chi connectivity index (χ0v) is 11.5. The highest BCUT2D eigenvalue weighted by molar-refractivity contribution is 9.10. The highest BCUT2D eigenvalue weighted by Gasteiger charge is 2.10. The summed E-state index contributed by atoms with van der Waals surface area (Å²) in [6.07, 6.45) is 1.76. The van der Waals surface area contributed by atoms with Gasteiger partial charge in [0.05, 0.1) is 22.4 Å². The molecule has 0 bridgehead atoms. The van der Waals surface area contributed by atoms with Gasteiger partial charge in [0.2, 0.25) is 0 Å². The van der Waals surface area contributed by atoms with Gasteiger partial charge in [-0.2, -0.15) is 0 Å². The molecule has 0 radical (unpaired) electrons. The molecule has 1 unspecified atom stereocenters. The predicted octanol–water partition coefficient (Wildman–Crippen LogP) is 3.78. The van der Waals surface area contributed by atoms with E-state index in [-0.39, 0.29) is 6.04 Å². The number of rotatable bonds is 3. The van der Waals surface area contributed by atoms with Crippen molar-refractivity contribution in [1.29, 1.82) is 0 Å². The van der Waals surface area contributed by atoms with Gasteiger partial charge in [0.1, 0.15) is 4.60 Å². The quantitative estimate of drug-likeness (QED) is 0.876. The molecule has 2 heterocycles. The van der Waals surface area contributed by atoms with Crippen LogP contribution in [0.3, 0.4) is 0 Å². The average molecular weight is 298 g/mol. The first-order valence-corrected chi connectivity index (χ1v) is 6.63. The standard InChI is InChI=1S/C11H12BrN3S/c1-7(10-6-16-8(2)15-10)14-9-4-3-5-13-11(9)12/h3-7,14H,1-2H3. The maximum atomic E-state index is 4.46. The minimum atomic E-state index is 0.186. The van der Waals surface area contributed by atoms with Gasteiger partial charge in [0.15, 0.2) is 0 Å². The van der Waals surface area contributed by atoms with Crippen molar-refractivity contribution in [3.8, 4) is 0 Å². The number of nitrogens with zero attached hydrogens (tertiary/aromatic N) is 2. The number of aromatic nitrogens is 2. The zero-order chi connectivity index (χ0) is 11.5. The SMILES string of the molecule is Cc1nc(C(C)Nc2cccnc2Br)cs1. The molecular weight excluding hydrogens is 286 g/mol. The van der Waals surface area contributed by atoms with E-state index in [1.54, 1.807) is 17.5 Å². The van der Waals surface area contributed by atoms with E-state index in [1.165, 1.54) is 0 Å². The second kappa shape index (κ2) is 4.93. The van der Waals surface area contributed by atoms with Crippen LogP contribution in [0.1, 0.15) is 23.7 Å². The van der Waals surface area contributed by atoms with E-state index in [1.807, 2.05) is 19.1 Å². The predicted molar refractivity (Wildman–Crippen MR) is 70.8 cm³/mol. The minimum Gasteiger partial charge on any atom is -0.375 e. The van der Waals surface area contributed by atoms with Crippen molar-refractivity contribution in [3.05, 3.63) is 39.0 Å². The van der Waals surface area contributed by atoms with Crippen molar-refractivity contribution in [2.24, 2.45) is 0 Å². The molecule has 0 aromatic carbocycles. The largest absolute Gasteiger partial charge is 0.375 e. The van der Waals surface area contributed by atoms with Gasteiger partial charge in [-0.3, -0.25) is 0 Å². The van der Waals surface area contributed by atoms with Crippen LogP contribution in [-0.2, 0) is 0 Å². The van der Waals surface area contributed by atoms with Crippen LogP contribution >= 0.6 is 27.3 Å². The number of hydrogen-bond acceptors (Lipinski definition) is 4. The summed E-state index contributed by atoms with van der Waals surface area (Å²) in [7, 11) is 0. The van der Waals surface area contributed by atoms with Crippen LogP contribution in [0.2, 0.25) is 0 Å². The van der Waals surface area contributed by atoms with Crippen LogP contribution < -0.4 is 5.32 Å². The van der Waals surface area contributed by atoms with Crippen molar-refractivity contribution in [3.63, 3.8) is 0 Å². The third-order valence-electron chi connectivity index (χ3n) is 2.21. The fraction of sp³-hybridized carbons (Fsp3) is 0.273. The lowest BCUT2D eigenvalue weighted by Crippen LogP contribution is -2.07.